The van der Waals surface area contributed by atoms with E-state index in [1.54, 1.807) is 0 Å². The highest BCUT2D eigenvalue weighted by atomic mass is 15.2. The van der Waals surface area contributed by atoms with Crippen LogP contribution >= 0.6 is 0 Å². The molecule has 3 heteroatoms. The Labute approximate surface area is 138 Å². The minimum Gasteiger partial charge on any atom is -0.314 e. The van der Waals surface area contributed by atoms with Gasteiger partial charge in [-0.25, -0.2) is 0 Å². The molecule has 0 saturated carbocycles. The van der Waals surface area contributed by atoms with Crippen LogP contribution < -0.4 is 10.6 Å². The van der Waals surface area contributed by atoms with Gasteiger partial charge < -0.3 is 10.6 Å². The first kappa shape index (κ1) is 19.4. The molecule has 1 aliphatic heterocycles. The van der Waals surface area contributed by atoms with Crippen molar-refractivity contribution >= 4 is 0 Å². The molecule has 22 heavy (non-hydrogen) atoms. The molecule has 1 fully saturated rings. The first-order valence-corrected chi connectivity index (χ1v) is 9.03. The fourth-order valence-electron chi connectivity index (χ4n) is 2.78. The van der Waals surface area contributed by atoms with Crippen LogP contribution in [0, 0.1) is 0 Å². The minimum absolute atomic E-state index is 0.616. The molecule has 0 amide bonds. The van der Waals surface area contributed by atoms with Gasteiger partial charge in [0.1, 0.15) is 0 Å². The van der Waals surface area contributed by atoms with Crippen LogP contribution in [0.3, 0.4) is 0 Å². The van der Waals surface area contributed by atoms with Gasteiger partial charge >= 0.3 is 0 Å². The number of nitrogens with one attached hydrogen (secondary N) is 2. The van der Waals surface area contributed by atoms with Crippen LogP contribution in [0.2, 0.25) is 0 Å². The molecular weight excluding hydrogens is 270 g/mol. The average Bonchev–Trinajstić information content (AvgIpc) is 2.48. The molecule has 0 aromatic heterocycles. The lowest BCUT2D eigenvalue weighted by atomic mass is 10.1. The second-order valence-corrected chi connectivity index (χ2v) is 6.89. The van der Waals surface area contributed by atoms with Crippen LogP contribution in [0.1, 0.15) is 53.4 Å². The third kappa shape index (κ3) is 10.1. The third-order valence-electron chi connectivity index (χ3n) is 4.31. The summed E-state index contributed by atoms with van der Waals surface area (Å²) in [4.78, 5) is 2.55. The van der Waals surface area contributed by atoms with Gasteiger partial charge in [0.2, 0.25) is 0 Å². The quantitative estimate of drug-likeness (QED) is 0.606. The van der Waals surface area contributed by atoms with Crippen LogP contribution in [0.4, 0.5) is 0 Å². The number of hydrogen-bond donors (Lipinski definition) is 2. The Kier molecular flexibility index (Phi) is 10.5. The van der Waals surface area contributed by atoms with Crippen molar-refractivity contribution in [3.63, 3.8) is 0 Å². The minimum atomic E-state index is 0.616. The van der Waals surface area contributed by atoms with Crippen molar-refractivity contribution in [3.8, 4) is 0 Å². The molecule has 0 unspecified atom stereocenters. The molecule has 1 rings (SSSR count). The van der Waals surface area contributed by atoms with Crippen molar-refractivity contribution in [2.24, 2.45) is 0 Å². The van der Waals surface area contributed by atoms with Gasteiger partial charge in [-0.3, -0.25) is 4.90 Å². The van der Waals surface area contributed by atoms with Crippen LogP contribution in [-0.2, 0) is 0 Å². The standard InChI is InChI=1S/C19H37N3/c1-17(2)7-5-8-18(3)9-6-10-19(4)21-13-16-22-14-11-20-12-15-22/h7,9,19-21H,5-6,8,10-16H2,1-4H3/b18-9-/t19-/m0/s1. The number of allylic oxidation sites excluding steroid dienone is 4. The lowest BCUT2D eigenvalue weighted by molar-refractivity contribution is 0.238. The maximum Gasteiger partial charge on any atom is 0.0108 e. The van der Waals surface area contributed by atoms with Crippen molar-refractivity contribution in [2.75, 3.05) is 39.3 Å². The Bertz CT molecular complexity index is 337. The Morgan fingerprint density at radius 3 is 2.55 bits per heavy atom. The molecule has 0 aromatic rings. The molecule has 0 radical (unpaired) electrons. The van der Waals surface area contributed by atoms with E-state index in [9.17, 15) is 0 Å². The van der Waals surface area contributed by atoms with Gasteiger partial charge in [-0.1, -0.05) is 23.3 Å². The summed E-state index contributed by atoms with van der Waals surface area (Å²) < 4.78 is 0. The summed E-state index contributed by atoms with van der Waals surface area (Å²) in [7, 11) is 0. The van der Waals surface area contributed by atoms with E-state index in [1.807, 2.05) is 0 Å². The monoisotopic (exact) mass is 307 g/mol. The Morgan fingerprint density at radius 2 is 1.86 bits per heavy atom. The Balaban J connectivity index is 2.04. The van der Waals surface area contributed by atoms with Crippen molar-refractivity contribution in [1.29, 1.82) is 0 Å². The number of piperazine rings is 1. The molecule has 0 aliphatic carbocycles. The fraction of sp³-hybridized carbons (Fsp3) is 0.789. The van der Waals surface area contributed by atoms with Gasteiger partial charge in [0.15, 0.2) is 0 Å². The van der Waals surface area contributed by atoms with E-state index < -0.39 is 0 Å². The highest BCUT2D eigenvalue weighted by Gasteiger charge is 2.09. The summed E-state index contributed by atoms with van der Waals surface area (Å²) >= 11 is 0. The van der Waals surface area contributed by atoms with E-state index >= 15 is 0 Å². The van der Waals surface area contributed by atoms with Crippen molar-refractivity contribution in [1.82, 2.24) is 15.5 Å². The highest BCUT2D eigenvalue weighted by Crippen LogP contribution is 2.09. The summed E-state index contributed by atoms with van der Waals surface area (Å²) in [5, 5.41) is 7.06. The summed E-state index contributed by atoms with van der Waals surface area (Å²) in [5.41, 5.74) is 2.96. The molecule has 0 aromatic carbocycles. The van der Waals surface area contributed by atoms with Gasteiger partial charge in [0, 0.05) is 45.3 Å². The van der Waals surface area contributed by atoms with E-state index in [4.69, 9.17) is 0 Å². The normalized spacial score (nSPS) is 18.3. The van der Waals surface area contributed by atoms with E-state index in [-0.39, 0.29) is 0 Å². The predicted molar refractivity (Wildman–Crippen MR) is 98.4 cm³/mol. The molecule has 1 saturated heterocycles. The van der Waals surface area contributed by atoms with Gasteiger partial charge in [-0.2, -0.15) is 0 Å². The van der Waals surface area contributed by atoms with E-state index in [0.29, 0.717) is 6.04 Å². The van der Waals surface area contributed by atoms with Crippen LogP contribution in [0.25, 0.3) is 0 Å². The molecular formula is C19H37N3. The fourth-order valence-corrected chi connectivity index (χ4v) is 2.78. The van der Waals surface area contributed by atoms with Gasteiger partial charge in [0.25, 0.3) is 0 Å². The number of hydrogen-bond acceptors (Lipinski definition) is 3. The zero-order valence-electron chi connectivity index (χ0n) is 15.3. The molecule has 1 atom stereocenters. The second kappa shape index (κ2) is 11.9. The summed E-state index contributed by atoms with van der Waals surface area (Å²) in [6.45, 7) is 15.9. The number of rotatable bonds is 10. The molecule has 128 valence electrons. The molecule has 2 N–H and O–H groups in total. The first-order chi connectivity index (χ1) is 10.6. The average molecular weight is 308 g/mol. The van der Waals surface area contributed by atoms with E-state index in [0.717, 1.165) is 19.6 Å². The van der Waals surface area contributed by atoms with Crippen molar-refractivity contribution < 1.29 is 0 Å². The molecule has 3 nitrogen and oxygen atoms in total. The SMILES string of the molecule is CC(C)=CCC/C(C)=C\CC[C@H](C)NCCN1CCNCC1. The Morgan fingerprint density at radius 1 is 1.14 bits per heavy atom. The lowest BCUT2D eigenvalue weighted by Crippen LogP contribution is -2.46. The largest absolute Gasteiger partial charge is 0.314 e. The first-order valence-electron chi connectivity index (χ1n) is 9.03. The maximum atomic E-state index is 3.66. The summed E-state index contributed by atoms with van der Waals surface area (Å²) in [6, 6.07) is 0.616. The summed E-state index contributed by atoms with van der Waals surface area (Å²) in [6.07, 6.45) is 9.58. The zero-order chi connectivity index (χ0) is 16.2. The van der Waals surface area contributed by atoms with Gasteiger partial charge in [-0.05, 0) is 53.4 Å². The van der Waals surface area contributed by atoms with Gasteiger partial charge in [-0.15, -0.1) is 0 Å². The smallest absolute Gasteiger partial charge is 0.0108 e. The van der Waals surface area contributed by atoms with Crippen LogP contribution in [0.15, 0.2) is 23.3 Å². The van der Waals surface area contributed by atoms with Crippen LogP contribution in [-0.4, -0.2) is 50.2 Å². The lowest BCUT2D eigenvalue weighted by Gasteiger charge is -2.27. The van der Waals surface area contributed by atoms with E-state index in [2.05, 4.69) is 55.4 Å². The van der Waals surface area contributed by atoms with Crippen molar-refractivity contribution in [3.05, 3.63) is 23.3 Å². The number of nitrogens with zero attached hydrogens (tertiary/aromatic N) is 1. The molecule has 0 spiro atoms. The zero-order valence-corrected chi connectivity index (χ0v) is 15.3. The third-order valence-corrected chi connectivity index (χ3v) is 4.31. The molecule has 0 bridgehead atoms. The maximum absolute atomic E-state index is 3.66. The Hall–Kier alpha value is -0.640. The van der Waals surface area contributed by atoms with Gasteiger partial charge in [0.05, 0.1) is 0 Å². The van der Waals surface area contributed by atoms with E-state index in [1.165, 1.54) is 56.5 Å². The predicted octanol–water partition coefficient (Wildman–Crippen LogP) is 3.34. The topological polar surface area (TPSA) is 27.3 Å². The van der Waals surface area contributed by atoms with Crippen molar-refractivity contribution in [2.45, 2.75) is 59.4 Å². The summed E-state index contributed by atoms with van der Waals surface area (Å²) in [5.74, 6) is 0. The molecule has 1 aliphatic rings. The second-order valence-electron chi connectivity index (χ2n) is 6.89. The molecule has 1 heterocycles. The highest BCUT2D eigenvalue weighted by molar-refractivity contribution is 5.02. The van der Waals surface area contributed by atoms with Crippen LogP contribution in [0.5, 0.6) is 0 Å².